The first kappa shape index (κ1) is 22.4. The smallest absolute Gasteiger partial charge is 0.252 e. The summed E-state index contributed by atoms with van der Waals surface area (Å²) in [5.74, 6) is -0.884. The summed E-state index contributed by atoms with van der Waals surface area (Å²) in [7, 11) is 1.65. The van der Waals surface area contributed by atoms with Crippen LogP contribution < -0.4 is 5.32 Å². The number of likely N-dealkylation sites (N-methyl/N-ethyl adjacent to an activating group) is 1. The average molecular weight is 399 g/mol. The van der Waals surface area contributed by atoms with Crippen molar-refractivity contribution in [2.45, 2.75) is 32.0 Å². The number of nitrogens with zero attached hydrogens (tertiary/aromatic N) is 2. The lowest BCUT2D eigenvalue weighted by molar-refractivity contribution is -0.163. The fraction of sp³-hybridized carbons (Fsp3) is 0.409. The Labute approximate surface area is 172 Å². The molecule has 1 heterocycles. The van der Waals surface area contributed by atoms with Crippen LogP contribution in [0.5, 0.6) is 0 Å². The Morgan fingerprint density at radius 3 is 2.41 bits per heavy atom. The molecule has 1 saturated heterocycles. The zero-order valence-electron chi connectivity index (χ0n) is 17.3. The lowest BCUT2D eigenvalue weighted by Gasteiger charge is -2.38. The van der Waals surface area contributed by atoms with Gasteiger partial charge in [-0.1, -0.05) is 42.0 Å². The highest BCUT2D eigenvalue weighted by Gasteiger charge is 2.40. The Balaban J connectivity index is 2.18. The summed E-state index contributed by atoms with van der Waals surface area (Å²) in [6, 6.07) is 6.27. The maximum atomic E-state index is 13.0. The summed E-state index contributed by atoms with van der Waals surface area (Å²) in [5.41, 5.74) is 1.87. The third-order valence-electron chi connectivity index (χ3n) is 4.90. The second kappa shape index (κ2) is 10.0. The van der Waals surface area contributed by atoms with Gasteiger partial charge in [-0.15, -0.1) is 13.2 Å². The number of ether oxygens (including phenoxy) is 1. The number of carbonyl (C=O) groups is 3. The zero-order valence-corrected chi connectivity index (χ0v) is 17.3. The van der Waals surface area contributed by atoms with E-state index in [1.54, 1.807) is 31.0 Å². The van der Waals surface area contributed by atoms with Gasteiger partial charge in [0.1, 0.15) is 12.6 Å². The van der Waals surface area contributed by atoms with Gasteiger partial charge in [-0.3, -0.25) is 14.4 Å². The van der Waals surface area contributed by atoms with E-state index in [2.05, 4.69) is 18.5 Å². The molecule has 156 valence electrons. The third-order valence-corrected chi connectivity index (χ3v) is 4.90. The highest BCUT2D eigenvalue weighted by molar-refractivity contribution is 5.91. The van der Waals surface area contributed by atoms with Crippen LogP contribution in [-0.4, -0.2) is 66.4 Å². The molecule has 7 heteroatoms. The molecule has 1 N–H and O–H groups in total. The number of aryl methyl sites for hydroxylation is 1. The van der Waals surface area contributed by atoms with Gasteiger partial charge in [-0.25, -0.2) is 0 Å². The fourth-order valence-corrected chi connectivity index (χ4v) is 3.29. The van der Waals surface area contributed by atoms with Crippen LogP contribution in [0.2, 0.25) is 0 Å². The third kappa shape index (κ3) is 5.32. The predicted molar refractivity (Wildman–Crippen MR) is 111 cm³/mol. The number of nitrogens with one attached hydrogen (secondary N) is 1. The van der Waals surface area contributed by atoms with Gasteiger partial charge in [0.25, 0.3) is 5.91 Å². The molecule has 3 amide bonds. The van der Waals surface area contributed by atoms with E-state index in [4.69, 9.17) is 4.74 Å². The maximum Gasteiger partial charge on any atom is 0.252 e. The SMILES string of the molecule is C=CCN(CC=C)C(=O)C(C)NC(=O)C1OCC(=O)N(C)C1c1ccc(C)cc1. The van der Waals surface area contributed by atoms with Gasteiger partial charge in [0, 0.05) is 20.1 Å². The Kier molecular flexibility index (Phi) is 7.73. The summed E-state index contributed by atoms with van der Waals surface area (Å²) in [5, 5.41) is 2.73. The van der Waals surface area contributed by atoms with Gasteiger partial charge in [0.2, 0.25) is 11.8 Å². The molecule has 0 aromatic heterocycles. The summed E-state index contributed by atoms with van der Waals surface area (Å²) in [6.45, 7) is 11.4. The van der Waals surface area contributed by atoms with E-state index in [0.717, 1.165) is 11.1 Å². The second-order valence-electron chi connectivity index (χ2n) is 7.14. The summed E-state index contributed by atoms with van der Waals surface area (Å²) >= 11 is 0. The predicted octanol–water partition coefficient (Wildman–Crippen LogP) is 1.60. The van der Waals surface area contributed by atoms with Crippen molar-refractivity contribution in [2.24, 2.45) is 0 Å². The molecule has 1 fully saturated rings. The van der Waals surface area contributed by atoms with Crippen LogP contribution in [0.3, 0.4) is 0 Å². The first-order valence-electron chi connectivity index (χ1n) is 9.55. The van der Waals surface area contributed by atoms with Crippen molar-refractivity contribution in [3.05, 3.63) is 60.7 Å². The van der Waals surface area contributed by atoms with Gasteiger partial charge in [-0.2, -0.15) is 0 Å². The molecular weight excluding hydrogens is 370 g/mol. The number of hydrogen-bond acceptors (Lipinski definition) is 4. The Bertz CT molecular complexity index is 765. The molecule has 7 nitrogen and oxygen atoms in total. The quantitative estimate of drug-likeness (QED) is 0.674. The topological polar surface area (TPSA) is 79.0 Å². The van der Waals surface area contributed by atoms with Crippen molar-refractivity contribution >= 4 is 17.7 Å². The van der Waals surface area contributed by atoms with E-state index in [1.807, 2.05) is 31.2 Å². The first-order valence-corrected chi connectivity index (χ1v) is 9.55. The minimum atomic E-state index is -0.914. The van der Waals surface area contributed by atoms with E-state index in [0.29, 0.717) is 13.1 Å². The molecule has 2 rings (SSSR count). The van der Waals surface area contributed by atoms with Crippen molar-refractivity contribution in [1.82, 2.24) is 15.1 Å². The van der Waals surface area contributed by atoms with Gasteiger partial charge >= 0.3 is 0 Å². The zero-order chi connectivity index (χ0) is 21.6. The normalized spacial score (nSPS) is 20.0. The van der Waals surface area contributed by atoms with Crippen molar-refractivity contribution in [2.75, 3.05) is 26.7 Å². The minimum absolute atomic E-state index is 0.182. The minimum Gasteiger partial charge on any atom is -0.356 e. The molecule has 3 atom stereocenters. The number of rotatable bonds is 8. The van der Waals surface area contributed by atoms with Crippen LogP contribution in [0.4, 0.5) is 0 Å². The molecule has 0 bridgehead atoms. The summed E-state index contributed by atoms with van der Waals surface area (Å²) < 4.78 is 5.60. The average Bonchev–Trinajstić information content (AvgIpc) is 2.70. The molecule has 0 saturated carbocycles. The standard InChI is InChI=1S/C22H29N3O4/c1-6-12-25(13-7-2)22(28)16(4)23-21(27)20-19(24(5)18(26)14-29-20)17-10-8-15(3)9-11-17/h6-11,16,19-20H,1-2,12-14H2,3-5H3,(H,23,27). The van der Waals surface area contributed by atoms with Crippen LogP contribution in [-0.2, 0) is 19.1 Å². The maximum absolute atomic E-state index is 13.0. The van der Waals surface area contributed by atoms with E-state index in [-0.39, 0.29) is 18.4 Å². The van der Waals surface area contributed by atoms with E-state index in [1.165, 1.54) is 4.90 Å². The lowest BCUT2D eigenvalue weighted by atomic mass is 9.96. The van der Waals surface area contributed by atoms with E-state index in [9.17, 15) is 14.4 Å². The molecule has 1 aromatic carbocycles. The summed E-state index contributed by atoms with van der Waals surface area (Å²) in [6.07, 6.45) is 2.32. The second-order valence-corrected chi connectivity index (χ2v) is 7.14. The molecule has 0 spiro atoms. The number of benzene rings is 1. The van der Waals surface area contributed by atoms with Gasteiger partial charge < -0.3 is 19.9 Å². The molecule has 1 aliphatic rings. The number of carbonyl (C=O) groups excluding carboxylic acids is 3. The van der Waals surface area contributed by atoms with Crippen LogP contribution >= 0.6 is 0 Å². The van der Waals surface area contributed by atoms with Gasteiger partial charge in [0.15, 0.2) is 6.10 Å². The Hall–Kier alpha value is -2.93. The van der Waals surface area contributed by atoms with Crippen LogP contribution in [0, 0.1) is 6.92 Å². The first-order chi connectivity index (χ1) is 13.8. The van der Waals surface area contributed by atoms with Crippen LogP contribution in [0.25, 0.3) is 0 Å². The van der Waals surface area contributed by atoms with Crippen LogP contribution in [0.15, 0.2) is 49.6 Å². The molecule has 3 unspecified atom stereocenters. The molecule has 1 aliphatic heterocycles. The van der Waals surface area contributed by atoms with E-state index < -0.39 is 24.1 Å². The van der Waals surface area contributed by atoms with Crippen LogP contribution in [0.1, 0.15) is 24.1 Å². The molecule has 29 heavy (non-hydrogen) atoms. The highest BCUT2D eigenvalue weighted by Crippen LogP contribution is 2.29. The monoisotopic (exact) mass is 399 g/mol. The van der Waals surface area contributed by atoms with Crippen molar-refractivity contribution in [3.8, 4) is 0 Å². The fourth-order valence-electron chi connectivity index (χ4n) is 3.29. The largest absolute Gasteiger partial charge is 0.356 e. The van der Waals surface area contributed by atoms with Crippen molar-refractivity contribution in [3.63, 3.8) is 0 Å². The highest BCUT2D eigenvalue weighted by atomic mass is 16.5. The molecule has 1 aromatic rings. The van der Waals surface area contributed by atoms with Crippen molar-refractivity contribution in [1.29, 1.82) is 0 Å². The molecular formula is C22H29N3O4. The number of morpholine rings is 1. The number of amides is 3. The molecule has 0 radical (unpaired) electrons. The van der Waals surface area contributed by atoms with Gasteiger partial charge in [0.05, 0.1) is 6.04 Å². The van der Waals surface area contributed by atoms with E-state index >= 15 is 0 Å². The Morgan fingerprint density at radius 2 is 1.86 bits per heavy atom. The van der Waals surface area contributed by atoms with Gasteiger partial charge in [-0.05, 0) is 19.4 Å². The number of hydrogen-bond donors (Lipinski definition) is 1. The Morgan fingerprint density at radius 1 is 1.28 bits per heavy atom. The lowest BCUT2D eigenvalue weighted by Crippen LogP contribution is -2.56. The van der Waals surface area contributed by atoms with Crippen molar-refractivity contribution < 1.29 is 19.1 Å². The molecule has 0 aliphatic carbocycles. The summed E-state index contributed by atoms with van der Waals surface area (Å²) in [4.78, 5) is 40.9.